The van der Waals surface area contributed by atoms with Crippen LogP contribution < -0.4 is 0 Å². The molecule has 1 nitrogen and oxygen atoms in total. The third kappa shape index (κ3) is 2.87. The average Bonchev–Trinajstić information content (AvgIpc) is 1.88. The molecular formula is C10H17O. The zero-order chi connectivity index (χ0) is 9.02. The Labute approximate surface area is 69.5 Å². The van der Waals surface area contributed by atoms with Gasteiger partial charge in [-0.3, -0.25) is 4.79 Å². The zero-order valence-electron chi connectivity index (χ0n) is 7.90. The van der Waals surface area contributed by atoms with Crippen molar-refractivity contribution in [1.82, 2.24) is 0 Å². The highest BCUT2D eigenvalue weighted by atomic mass is 16.1. The van der Waals surface area contributed by atoms with Gasteiger partial charge in [-0.1, -0.05) is 27.4 Å². The van der Waals surface area contributed by atoms with E-state index < -0.39 is 0 Å². The van der Waals surface area contributed by atoms with Gasteiger partial charge in [0.1, 0.15) is 0 Å². The van der Waals surface area contributed by atoms with Crippen LogP contribution in [-0.2, 0) is 4.79 Å². The molecule has 0 rings (SSSR count). The first kappa shape index (κ1) is 10.4. The molecule has 0 aliphatic rings. The molecule has 1 atom stereocenters. The van der Waals surface area contributed by atoms with Crippen molar-refractivity contribution in [2.75, 3.05) is 0 Å². The van der Waals surface area contributed by atoms with E-state index in [1.54, 1.807) is 6.92 Å². The second kappa shape index (κ2) is 4.32. The number of carbonyl (C=O) groups excluding carboxylic acids is 1. The summed E-state index contributed by atoms with van der Waals surface area (Å²) < 4.78 is 0. The lowest BCUT2D eigenvalue weighted by Gasteiger charge is -2.16. The second-order valence-corrected chi connectivity index (χ2v) is 3.18. The van der Waals surface area contributed by atoms with Crippen molar-refractivity contribution in [3.63, 3.8) is 0 Å². The number of rotatable bonds is 4. The normalized spacial score (nSPS) is 13.2. The van der Waals surface area contributed by atoms with E-state index in [9.17, 15) is 4.79 Å². The largest absolute Gasteiger partial charge is 0.294 e. The van der Waals surface area contributed by atoms with Crippen LogP contribution in [0.25, 0.3) is 0 Å². The number of Topliss-reactive ketones (excluding diaryl/α,β-unsaturated/α-hetero) is 1. The third-order valence-electron chi connectivity index (χ3n) is 1.84. The molecule has 0 aliphatic heterocycles. The highest BCUT2D eigenvalue weighted by Gasteiger charge is 2.20. The molecule has 0 saturated heterocycles. The number of ketones is 1. The molecule has 0 aromatic carbocycles. The monoisotopic (exact) mass is 153 g/mol. The maximum Gasteiger partial charge on any atom is 0.161 e. The molecule has 0 aromatic rings. The summed E-state index contributed by atoms with van der Waals surface area (Å²) >= 11 is 0. The first-order valence-electron chi connectivity index (χ1n) is 4.00. The minimum absolute atomic E-state index is 0.0903. The van der Waals surface area contributed by atoms with Gasteiger partial charge in [0, 0.05) is 5.92 Å². The predicted octanol–water partition coefficient (Wildman–Crippen LogP) is 2.77. The van der Waals surface area contributed by atoms with E-state index in [0.717, 1.165) is 6.42 Å². The van der Waals surface area contributed by atoms with Crippen molar-refractivity contribution < 1.29 is 4.79 Å². The smallest absolute Gasteiger partial charge is 0.161 e. The van der Waals surface area contributed by atoms with Gasteiger partial charge in [-0.25, -0.2) is 0 Å². The summed E-state index contributed by atoms with van der Waals surface area (Å²) in [5.41, 5.74) is 0.665. The zero-order valence-corrected chi connectivity index (χ0v) is 7.90. The Balaban J connectivity index is 4.26. The van der Waals surface area contributed by atoms with Crippen molar-refractivity contribution in [3.8, 4) is 0 Å². The number of hydrogen-bond acceptors (Lipinski definition) is 1. The number of hydrogen-bond donors (Lipinski definition) is 0. The van der Waals surface area contributed by atoms with Crippen LogP contribution in [0.2, 0.25) is 0 Å². The van der Waals surface area contributed by atoms with Crippen molar-refractivity contribution in [1.29, 1.82) is 0 Å². The maximum absolute atomic E-state index is 11.4. The van der Waals surface area contributed by atoms with Gasteiger partial charge in [0.2, 0.25) is 0 Å². The molecule has 1 unspecified atom stereocenters. The second-order valence-electron chi connectivity index (χ2n) is 3.18. The molecule has 0 bridgehead atoms. The quantitative estimate of drug-likeness (QED) is 0.567. The standard InChI is InChI=1S/C10H17O/c1-6-9(7(2)3)10(11)8(4)5/h9H,4,6H2,1-3,5H3. The Morgan fingerprint density at radius 1 is 1.36 bits per heavy atom. The van der Waals surface area contributed by atoms with Gasteiger partial charge >= 0.3 is 0 Å². The van der Waals surface area contributed by atoms with E-state index >= 15 is 0 Å². The van der Waals surface area contributed by atoms with E-state index in [1.807, 2.05) is 20.8 Å². The number of allylic oxidation sites excluding steroid dienone is 1. The van der Waals surface area contributed by atoms with Crippen molar-refractivity contribution in [3.05, 3.63) is 18.1 Å². The first-order valence-corrected chi connectivity index (χ1v) is 4.00. The molecule has 0 aliphatic carbocycles. The van der Waals surface area contributed by atoms with Crippen molar-refractivity contribution in [2.24, 2.45) is 5.92 Å². The minimum atomic E-state index is 0.0903. The Hall–Kier alpha value is -0.590. The summed E-state index contributed by atoms with van der Waals surface area (Å²) in [6, 6.07) is 0. The fourth-order valence-corrected chi connectivity index (χ4v) is 1.15. The summed E-state index contributed by atoms with van der Waals surface area (Å²) in [6.45, 7) is 11.4. The lowest BCUT2D eigenvalue weighted by atomic mass is 9.87. The first-order chi connectivity index (χ1) is 5.00. The molecule has 0 fully saturated rings. The molecule has 0 aromatic heterocycles. The molecule has 0 heterocycles. The van der Waals surface area contributed by atoms with Crippen LogP contribution in [0.1, 0.15) is 34.1 Å². The van der Waals surface area contributed by atoms with E-state index in [2.05, 4.69) is 6.58 Å². The molecule has 1 radical (unpaired) electrons. The molecule has 0 saturated carbocycles. The molecule has 0 spiro atoms. The topological polar surface area (TPSA) is 17.1 Å². The van der Waals surface area contributed by atoms with E-state index in [4.69, 9.17) is 0 Å². The van der Waals surface area contributed by atoms with Crippen LogP contribution in [-0.4, -0.2) is 5.78 Å². The summed E-state index contributed by atoms with van der Waals surface area (Å²) in [4.78, 5) is 11.4. The van der Waals surface area contributed by atoms with E-state index in [0.29, 0.717) is 5.57 Å². The predicted molar refractivity (Wildman–Crippen MR) is 48.2 cm³/mol. The summed E-state index contributed by atoms with van der Waals surface area (Å²) in [7, 11) is 0. The van der Waals surface area contributed by atoms with Gasteiger partial charge in [0.15, 0.2) is 5.78 Å². The van der Waals surface area contributed by atoms with Crippen LogP contribution in [0.5, 0.6) is 0 Å². The van der Waals surface area contributed by atoms with Crippen molar-refractivity contribution >= 4 is 5.78 Å². The van der Waals surface area contributed by atoms with Crippen LogP contribution in [0.3, 0.4) is 0 Å². The van der Waals surface area contributed by atoms with Crippen LogP contribution in [0, 0.1) is 11.8 Å². The molecule has 1 heteroatoms. The van der Waals surface area contributed by atoms with Gasteiger partial charge in [0.25, 0.3) is 0 Å². The molecule has 0 amide bonds. The number of carbonyl (C=O) groups is 1. The summed E-state index contributed by atoms with van der Waals surface area (Å²) in [5, 5.41) is 0. The van der Waals surface area contributed by atoms with Crippen LogP contribution >= 0.6 is 0 Å². The fourth-order valence-electron chi connectivity index (χ4n) is 1.15. The van der Waals surface area contributed by atoms with Gasteiger partial charge in [-0.05, 0) is 24.8 Å². The van der Waals surface area contributed by atoms with E-state index in [-0.39, 0.29) is 11.7 Å². The lowest BCUT2D eigenvalue weighted by molar-refractivity contribution is -0.118. The Morgan fingerprint density at radius 2 is 1.82 bits per heavy atom. The van der Waals surface area contributed by atoms with Gasteiger partial charge in [-0.15, -0.1) is 0 Å². The highest BCUT2D eigenvalue weighted by molar-refractivity contribution is 5.97. The third-order valence-corrected chi connectivity index (χ3v) is 1.84. The molecular weight excluding hydrogens is 136 g/mol. The van der Waals surface area contributed by atoms with E-state index in [1.165, 1.54) is 5.92 Å². The fraction of sp³-hybridized carbons (Fsp3) is 0.600. The SMILES string of the molecule is C=C(C)C(=O)C(CC)[C](C)C. The molecule has 0 N–H and O–H groups in total. The average molecular weight is 153 g/mol. The van der Waals surface area contributed by atoms with Gasteiger partial charge in [0.05, 0.1) is 0 Å². The maximum atomic E-state index is 11.4. The van der Waals surface area contributed by atoms with Gasteiger partial charge in [-0.2, -0.15) is 0 Å². The van der Waals surface area contributed by atoms with Crippen LogP contribution in [0.15, 0.2) is 12.2 Å². The Bertz CT molecular complexity index is 156. The van der Waals surface area contributed by atoms with Gasteiger partial charge < -0.3 is 0 Å². The van der Waals surface area contributed by atoms with Crippen molar-refractivity contribution in [2.45, 2.75) is 34.1 Å². The Morgan fingerprint density at radius 3 is 1.91 bits per heavy atom. The summed E-state index contributed by atoms with van der Waals surface area (Å²) in [6.07, 6.45) is 0.883. The highest BCUT2D eigenvalue weighted by Crippen LogP contribution is 2.20. The Kier molecular flexibility index (Phi) is 4.09. The summed E-state index contributed by atoms with van der Waals surface area (Å²) in [5.74, 6) is 1.46. The minimum Gasteiger partial charge on any atom is -0.294 e. The lowest BCUT2D eigenvalue weighted by Crippen LogP contribution is -2.18. The molecule has 11 heavy (non-hydrogen) atoms. The van der Waals surface area contributed by atoms with Crippen LogP contribution in [0.4, 0.5) is 0 Å². The molecule has 63 valence electrons.